The Morgan fingerprint density at radius 2 is 2.07 bits per heavy atom. The van der Waals surface area contributed by atoms with Gasteiger partial charge in [-0.1, -0.05) is 12.1 Å². The summed E-state index contributed by atoms with van der Waals surface area (Å²) in [5, 5.41) is 27.4. The van der Waals surface area contributed by atoms with Gasteiger partial charge in [0.25, 0.3) is 0 Å². The molecule has 1 aromatic carbocycles. The number of aliphatic hydroxyl groups is 3. The van der Waals surface area contributed by atoms with E-state index >= 15 is 0 Å². The van der Waals surface area contributed by atoms with Gasteiger partial charge in [0.2, 0.25) is 0 Å². The third kappa shape index (κ3) is 2.43. The zero-order chi connectivity index (χ0) is 10.6. The second kappa shape index (κ2) is 4.92. The lowest BCUT2D eigenvalue weighted by molar-refractivity contribution is -0.0152. The average Bonchev–Trinajstić information content (AvgIpc) is 2.27. The van der Waals surface area contributed by atoms with E-state index in [1.165, 1.54) is 0 Å². The number of hydrazine groups is 1. The van der Waals surface area contributed by atoms with E-state index in [1.807, 2.05) is 0 Å². The maximum Gasteiger partial charge on any atom is 0.107 e. The molecule has 5 nitrogen and oxygen atoms in total. The smallest absolute Gasteiger partial charge is 0.107 e. The quantitative estimate of drug-likeness (QED) is 0.327. The Labute approximate surface area is 81.8 Å². The molecule has 0 saturated heterocycles. The summed E-state index contributed by atoms with van der Waals surface area (Å²) in [6.07, 6.45) is -2.28. The summed E-state index contributed by atoms with van der Waals surface area (Å²) in [5.41, 5.74) is 3.56. The van der Waals surface area contributed by atoms with Crippen LogP contribution in [0, 0.1) is 0 Å². The van der Waals surface area contributed by atoms with Gasteiger partial charge in [0.15, 0.2) is 0 Å². The molecule has 14 heavy (non-hydrogen) atoms. The Morgan fingerprint density at radius 3 is 2.64 bits per heavy atom. The van der Waals surface area contributed by atoms with Crippen LogP contribution in [0.15, 0.2) is 24.3 Å². The Bertz CT molecular complexity index is 293. The van der Waals surface area contributed by atoms with Crippen molar-refractivity contribution >= 4 is 5.69 Å². The molecule has 0 saturated carbocycles. The molecule has 0 aliphatic carbocycles. The molecule has 2 atom stereocenters. The van der Waals surface area contributed by atoms with Crippen LogP contribution in [-0.4, -0.2) is 28.0 Å². The fourth-order valence-electron chi connectivity index (χ4n) is 1.13. The Balaban J connectivity index is 2.83. The highest BCUT2D eigenvalue weighted by atomic mass is 16.4. The van der Waals surface area contributed by atoms with E-state index in [0.29, 0.717) is 11.3 Å². The van der Waals surface area contributed by atoms with Crippen molar-refractivity contribution in [2.24, 2.45) is 5.84 Å². The molecular weight excluding hydrogens is 184 g/mol. The number of nitrogens with two attached hydrogens (primary N) is 1. The molecule has 0 aromatic heterocycles. The summed E-state index contributed by atoms with van der Waals surface area (Å²) in [6, 6.07) is 6.66. The summed E-state index contributed by atoms with van der Waals surface area (Å²) in [7, 11) is 0. The maximum atomic E-state index is 9.53. The third-order valence-electron chi connectivity index (χ3n) is 1.95. The molecule has 0 heterocycles. The molecule has 0 aliphatic heterocycles. The number of nitrogen functional groups attached to an aromatic ring is 1. The largest absolute Gasteiger partial charge is 0.394 e. The number of hydrogen-bond acceptors (Lipinski definition) is 5. The summed E-state index contributed by atoms with van der Waals surface area (Å²) >= 11 is 0. The van der Waals surface area contributed by atoms with Gasteiger partial charge < -0.3 is 20.7 Å². The first-order valence-corrected chi connectivity index (χ1v) is 4.22. The fraction of sp³-hybridized carbons (Fsp3) is 0.333. The summed E-state index contributed by atoms with van der Waals surface area (Å²) in [4.78, 5) is 0. The van der Waals surface area contributed by atoms with Crippen molar-refractivity contribution in [2.75, 3.05) is 12.0 Å². The summed E-state index contributed by atoms with van der Waals surface area (Å²) in [6.45, 7) is -0.485. The molecule has 0 radical (unpaired) electrons. The first-order valence-electron chi connectivity index (χ1n) is 4.22. The van der Waals surface area contributed by atoms with Crippen molar-refractivity contribution in [1.29, 1.82) is 0 Å². The monoisotopic (exact) mass is 198 g/mol. The van der Waals surface area contributed by atoms with Crippen molar-refractivity contribution < 1.29 is 15.3 Å². The predicted octanol–water partition coefficient (Wildman–Crippen LogP) is -0.641. The second-order valence-electron chi connectivity index (χ2n) is 2.96. The third-order valence-corrected chi connectivity index (χ3v) is 1.95. The van der Waals surface area contributed by atoms with Crippen LogP contribution in [0.25, 0.3) is 0 Å². The minimum absolute atomic E-state index is 0.485. The van der Waals surface area contributed by atoms with Crippen molar-refractivity contribution in [3.05, 3.63) is 29.8 Å². The molecule has 1 aromatic rings. The van der Waals surface area contributed by atoms with Crippen LogP contribution in [-0.2, 0) is 0 Å². The molecule has 0 fully saturated rings. The highest BCUT2D eigenvalue weighted by molar-refractivity contribution is 5.45. The Hall–Kier alpha value is -1.14. The van der Waals surface area contributed by atoms with E-state index < -0.39 is 18.8 Å². The molecule has 2 unspecified atom stereocenters. The minimum Gasteiger partial charge on any atom is -0.394 e. The topological polar surface area (TPSA) is 98.7 Å². The van der Waals surface area contributed by atoms with E-state index in [-0.39, 0.29) is 0 Å². The van der Waals surface area contributed by atoms with E-state index in [9.17, 15) is 10.2 Å². The molecule has 0 spiro atoms. The SMILES string of the molecule is NNc1cccc(C(O)C(O)CO)c1. The van der Waals surface area contributed by atoms with Gasteiger partial charge in [-0.2, -0.15) is 0 Å². The number of rotatable bonds is 4. The van der Waals surface area contributed by atoms with Gasteiger partial charge in [-0.05, 0) is 17.7 Å². The zero-order valence-electron chi connectivity index (χ0n) is 7.59. The van der Waals surface area contributed by atoms with Crippen LogP contribution >= 0.6 is 0 Å². The van der Waals surface area contributed by atoms with Gasteiger partial charge in [0.1, 0.15) is 12.2 Å². The number of anilines is 1. The Kier molecular flexibility index (Phi) is 3.84. The van der Waals surface area contributed by atoms with Gasteiger partial charge in [0.05, 0.1) is 6.61 Å². The summed E-state index contributed by atoms with van der Waals surface area (Å²) in [5.74, 6) is 5.18. The average molecular weight is 198 g/mol. The summed E-state index contributed by atoms with van der Waals surface area (Å²) < 4.78 is 0. The number of nitrogens with one attached hydrogen (secondary N) is 1. The van der Waals surface area contributed by atoms with Crippen molar-refractivity contribution in [2.45, 2.75) is 12.2 Å². The maximum absolute atomic E-state index is 9.53. The van der Waals surface area contributed by atoms with Crippen LogP contribution < -0.4 is 11.3 Å². The molecule has 5 heteroatoms. The van der Waals surface area contributed by atoms with Crippen LogP contribution in [0.5, 0.6) is 0 Å². The standard InChI is InChI=1S/C9H14N2O3/c10-11-7-3-1-2-6(4-7)9(14)8(13)5-12/h1-4,8-9,11-14H,5,10H2. The van der Waals surface area contributed by atoms with E-state index in [0.717, 1.165) is 0 Å². The van der Waals surface area contributed by atoms with E-state index in [2.05, 4.69) is 5.43 Å². The lowest BCUT2D eigenvalue weighted by atomic mass is 10.0. The first kappa shape index (κ1) is 10.9. The fourth-order valence-corrected chi connectivity index (χ4v) is 1.13. The van der Waals surface area contributed by atoms with Crippen LogP contribution in [0.4, 0.5) is 5.69 Å². The minimum atomic E-state index is -1.18. The lowest BCUT2D eigenvalue weighted by Gasteiger charge is -2.16. The van der Waals surface area contributed by atoms with Gasteiger partial charge in [0, 0.05) is 5.69 Å². The van der Waals surface area contributed by atoms with Crippen LogP contribution in [0.2, 0.25) is 0 Å². The number of hydrogen-bond donors (Lipinski definition) is 5. The zero-order valence-corrected chi connectivity index (χ0v) is 7.59. The van der Waals surface area contributed by atoms with E-state index in [1.54, 1.807) is 24.3 Å². The molecule has 6 N–H and O–H groups in total. The number of aliphatic hydroxyl groups excluding tert-OH is 3. The Morgan fingerprint density at radius 1 is 1.36 bits per heavy atom. The lowest BCUT2D eigenvalue weighted by Crippen LogP contribution is -2.22. The highest BCUT2D eigenvalue weighted by Gasteiger charge is 2.17. The predicted molar refractivity (Wildman–Crippen MR) is 52.3 cm³/mol. The van der Waals surface area contributed by atoms with Crippen LogP contribution in [0.1, 0.15) is 11.7 Å². The molecular formula is C9H14N2O3. The molecule has 0 aliphatic rings. The molecule has 0 amide bonds. The van der Waals surface area contributed by atoms with Crippen molar-refractivity contribution in [3.8, 4) is 0 Å². The van der Waals surface area contributed by atoms with Gasteiger partial charge in [-0.3, -0.25) is 5.84 Å². The van der Waals surface area contributed by atoms with Gasteiger partial charge in [-0.25, -0.2) is 0 Å². The van der Waals surface area contributed by atoms with Gasteiger partial charge in [-0.15, -0.1) is 0 Å². The highest BCUT2D eigenvalue weighted by Crippen LogP contribution is 2.19. The molecule has 1 rings (SSSR count). The van der Waals surface area contributed by atoms with Crippen molar-refractivity contribution in [1.82, 2.24) is 0 Å². The second-order valence-corrected chi connectivity index (χ2v) is 2.96. The first-order chi connectivity index (χ1) is 6.69. The van der Waals surface area contributed by atoms with Crippen LogP contribution in [0.3, 0.4) is 0 Å². The molecule has 78 valence electrons. The van der Waals surface area contributed by atoms with E-state index in [4.69, 9.17) is 10.9 Å². The van der Waals surface area contributed by atoms with Gasteiger partial charge >= 0.3 is 0 Å². The number of benzene rings is 1. The molecule has 0 bridgehead atoms. The normalized spacial score (nSPS) is 14.9. The van der Waals surface area contributed by atoms with Crippen molar-refractivity contribution in [3.63, 3.8) is 0 Å².